The van der Waals surface area contributed by atoms with Crippen LogP contribution in [0.1, 0.15) is 29.0 Å². The molecule has 1 aliphatic rings. The van der Waals surface area contributed by atoms with Gasteiger partial charge in [-0.2, -0.15) is 0 Å². The number of benzene rings is 3. The van der Waals surface area contributed by atoms with Gasteiger partial charge in [-0.05, 0) is 29.3 Å². The molecule has 1 saturated heterocycles. The Bertz CT molecular complexity index is 1200. The van der Waals surface area contributed by atoms with E-state index < -0.39 is 11.9 Å². The Balaban J connectivity index is 0.00000267. The fraction of sp³-hybridized carbons (Fsp3) is 0.250. The van der Waals surface area contributed by atoms with Crippen molar-refractivity contribution in [2.75, 3.05) is 44.7 Å². The summed E-state index contributed by atoms with van der Waals surface area (Å²) < 4.78 is 5.98. The molecule has 0 radical (unpaired) electrons. The summed E-state index contributed by atoms with van der Waals surface area (Å²) in [6.07, 6.45) is 0. The van der Waals surface area contributed by atoms with Gasteiger partial charge in [-0.15, -0.1) is 0 Å². The average molecular weight is 590 g/mol. The Kier molecular flexibility index (Phi) is 11.5. The number of carbonyl (C=O) groups excluding carboxylic acids is 2. The molecule has 10 heteroatoms. The number of carboxylic acid groups (broad SMARTS) is 1. The summed E-state index contributed by atoms with van der Waals surface area (Å²) in [5.41, 5.74) is 2.54. The van der Waals surface area contributed by atoms with Crippen molar-refractivity contribution in [3.63, 3.8) is 0 Å². The molecule has 0 saturated carbocycles. The van der Waals surface area contributed by atoms with Crippen molar-refractivity contribution in [2.24, 2.45) is 0 Å². The van der Waals surface area contributed by atoms with Crippen molar-refractivity contribution in [1.82, 2.24) is 9.80 Å². The van der Waals surface area contributed by atoms with E-state index in [9.17, 15) is 19.5 Å². The van der Waals surface area contributed by atoms with Crippen LogP contribution < -0.4 is 34.9 Å². The van der Waals surface area contributed by atoms with E-state index in [4.69, 9.17) is 4.74 Å². The van der Waals surface area contributed by atoms with E-state index in [1.165, 1.54) is 23.3 Å². The minimum atomic E-state index is -1.15. The normalized spacial score (nSPS) is 13.6. The summed E-state index contributed by atoms with van der Waals surface area (Å²) in [6.45, 7) is 1.96. The first kappa shape index (κ1) is 30.0. The molecule has 0 atom stereocenters. The monoisotopic (exact) mass is 589 g/mol. The maximum absolute atomic E-state index is 12.7. The smallest absolute Gasteiger partial charge is 1.00 e. The molecule has 3 aromatic rings. The molecule has 194 valence electrons. The number of aromatic carboxylic acids is 1. The van der Waals surface area contributed by atoms with Gasteiger partial charge in [0.15, 0.2) is 0 Å². The van der Waals surface area contributed by atoms with Gasteiger partial charge in [-0.1, -0.05) is 76.6 Å². The number of nitrogens with zero attached hydrogens (tertiary/aromatic N) is 2. The number of hydrogen-bond acceptors (Lipinski definition) is 5. The number of rotatable bonds is 9. The number of halogens is 1. The Morgan fingerprint density at radius 2 is 1.47 bits per heavy atom. The Morgan fingerprint density at radius 1 is 0.895 bits per heavy atom. The number of piperazine rings is 1. The van der Waals surface area contributed by atoms with Gasteiger partial charge in [0.2, 0.25) is 11.8 Å². The van der Waals surface area contributed by atoms with Crippen LogP contribution in [0.3, 0.4) is 0 Å². The summed E-state index contributed by atoms with van der Waals surface area (Å²) >= 11 is 3.26. The zero-order valence-corrected chi connectivity index (χ0v) is 24.8. The van der Waals surface area contributed by atoms with Gasteiger partial charge in [0.05, 0.1) is 17.3 Å². The molecule has 2 amide bonds. The molecule has 8 nitrogen and oxygen atoms in total. The molecule has 38 heavy (non-hydrogen) atoms. The van der Waals surface area contributed by atoms with Gasteiger partial charge in [-0.3, -0.25) is 14.5 Å². The standard InChI is InChI=1S/C28H28BrN3O5.Na.H/c29-22-11-12-23(28(35)36)24(17-22)30-25(33)18-37-19-26(34)31-13-15-32(16-14-31)27(20-7-3-1-4-8-20)21-9-5-2-6-10-21;;/h1-12,17,27H,13-16,18-19H2,(H,30,33)(H,35,36);;/q;+1;-1. The van der Waals surface area contributed by atoms with Crippen molar-refractivity contribution in [2.45, 2.75) is 6.04 Å². The zero-order chi connectivity index (χ0) is 26.2. The molecule has 0 aromatic heterocycles. The van der Waals surface area contributed by atoms with E-state index in [0.29, 0.717) is 30.7 Å². The molecule has 4 rings (SSSR count). The van der Waals surface area contributed by atoms with Crippen molar-refractivity contribution in [3.8, 4) is 0 Å². The van der Waals surface area contributed by atoms with E-state index in [2.05, 4.69) is 50.4 Å². The minimum Gasteiger partial charge on any atom is -1.00 e. The number of carboxylic acids is 1. The van der Waals surface area contributed by atoms with Gasteiger partial charge < -0.3 is 21.5 Å². The number of carbonyl (C=O) groups is 3. The first-order valence-corrected chi connectivity index (χ1v) is 12.7. The van der Waals surface area contributed by atoms with Crippen LogP contribution in [0, 0.1) is 0 Å². The second-order valence-electron chi connectivity index (χ2n) is 8.68. The Labute approximate surface area is 253 Å². The molecule has 0 bridgehead atoms. The second kappa shape index (κ2) is 14.6. The van der Waals surface area contributed by atoms with E-state index >= 15 is 0 Å². The fourth-order valence-corrected chi connectivity index (χ4v) is 4.79. The van der Waals surface area contributed by atoms with Gasteiger partial charge in [0, 0.05) is 30.7 Å². The third-order valence-corrected chi connectivity index (χ3v) is 6.70. The molecule has 1 aliphatic heterocycles. The average Bonchev–Trinajstić information content (AvgIpc) is 2.90. The molecule has 1 fully saturated rings. The van der Waals surface area contributed by atoms with Crippen molar-refractivity contribution in [1.29, 1.82) is 0 Å². The van der Waals surface area contributed by atoms with Gasteiger partial charge in [0.1, 0.15) is 13.2 Å². The van der Waals surface area contributed by atoms with Crippen LogP contribution in [-0.4, -0.2) is 72.1 Å². The maximum Gasteiger partial charge on any atom is 1.00 e. The van der Waals surface area contributed by atoms with E-state index in [1.54, 1.807) is 11.0 Å². The first-order chi connectivity index (χ1) is 17.9. The van der Waals surface area contributed by atoms with Crippen LogP contribution in [0.5, 0.6) is 0 Å². The van der Waals surface area contributed by atoms with Crippen molar-refractivity contribution in [3.05, 3.63) is 100 Å². The number of nitrogens with one attached hydrogen (secondary N) is 1. The largest absolute Gasteiger partial charge is 1.00 e. The molecule has 3 aromatic carbocycles. The summed E-state index contributed by atoms with van der Waals surface area (Å²) in [6, 6.07) is 25.3. The molecule has 0 unspecified atom stereocenters. The molecule has 2 N–H and O–H groups in total. The van der Waals surface area contributed by atoms with E-state index in [1.807, 2.05) is 36.4 Å². The van der Waals surface area contributed by atoms with Crippen LogP contribution in [0.4, 0.5) is 5.69 Å². The first-order valence-electron chi connectivity index (χ1n) is 11.9. The number of ether oxygens (including phenoxy) is 1. The van der Waals surface area contributed by atoms with E-state index in [-0.39, 0.29) is 67.4 Å². The quantitative estimate of drug-likeness (QED) is 0.363. The number of anilines is 1. The van der Waals surface area contributed by atoms with Crippen LogP contribution in [0.25, 0.3) is 0 Å². The second-order valence-corrected chi connectivity index (χ2v) is 9.59. The minimum absolute atomic E-state index is 0. The number of hydrogen-bond donors (Lipinski definition) is 2. The third-order valence-electron chi connectivity index (χ3n) is 6.21. The molecule has 1 heterocycles. The van der Waals surface area contributed by atoms with Gasteiger partial charge in [0.25, 0.3) is 0 Å². The Hall–Kier alpha value is -2.53. The van der Waals surface area contributed by atoms with Crippen LogP contribution in [-0.2, 0) is 14.3 Å². The summed E-state index contributed by atoms with van der Waals surface area (Å²) in [5.74, 6) is -1.87. The van der Waals surface area contributed by atoms with Crippen molar-refractivity contribution >= 4 is 39.4 Å². The van der Waals surface area contributed by atoms with Crippen molar-refractivity contribution < 1.29 is 55.2 Å². The summed E-state index contributed by atoms with van der Waals surface area (Å²) in [7, 11) is 0. The fourth-order valence-electron chi connectivity index (χ4n) is 4.43. The Morgan fingerprint density at radius 3 is 2.03 bits per heavy atom. The SMILES string of the molecule is O=C(COCC(=O)N1CCN(C(c2ccccc2)c2ccccc2)CC1)Nc1cc(Br)ccc1C(=O)O.[H-].[Na+]. The van der Waals surface area contributed by atoms with E-state index in [0.717, 1.165) is 0 Å². The molecule has 0 aliphatic carbocycles. The predicted molar refractivity (Wildman–Crippen MR) is 145 cm³/mol. The summed E-state index contributed by atoms with van der Waals surface area (Å²) in [5, 5.41) is 11.8. The third kappa shape index (κ3) is 7.99. The molecular weight excluding hydrogens is 561 g/mol. The van der Waals surface area contributed by atoms with Gasteiger partial charge >= 0.3 is 35.5 Å². The summed E-state index contributed by atoms with van der Waals surface area (Å²) in [4.78, 5) is 40.5. The topological polar surface area (TPSA) is 99.2 Å². The maximum atomic E-state index is 12.7. The van der Waals surface area contributed by atoms with Gasteiger partial charge in [-0.25, -0.2) is 4.79 Å². The molecular formula is C28H29BrN3NaO5. The predicted octanol–water partition coefficient (Wildman–Crippen LogP) is 1.15. The van der Waals surface area contributed by atoms with Crippen LogP contribution in [0.2, 0.25) is 0 Å². The zero-order valence-electron chi connectivity index (χ0n) is 22.2. The van der Waals surface area contributed by atoms with Crippen LogP contribution >= 0.6 is 15.9 Å². The van der Waals surface area contributed by atoms with Crippen LogP contribution in [0.15, 0.2) is 83.3 Å². The molecule has 0 spiro atoms. The number of amides is 2.